The van der Waals surface area contributed by atoms with Crippen LogP contribution in [-0.4, -0.2) is 16.7 Å². The highest BCUT2D eigenvalue weighted by atomic mass is 16.2. The second-order valence-electron chi connectivity index (χ2n) is 5.82. The first kappa shape index (κ1) is 18.6. The van der Waals surface area contributed by atoms with E-state index in [1.807, 2.05) is 52.8 Å². The van der Waals surface area contributed by atoms with Gasteiger partial charge in [-0.2, -0.15) is 0 Å². The average molecular weight is 312 g/mol. The second-order valence-corrected chi connectivity index (χ2v) is 5.82. The van der Waals surface area contributed by atoms with Crippen molar-refractivity contribution < 1.29 is 9.59 Å². The first-order chi connectivity index (χ1) is 10.9. The summed E-state index contributed by atoms with van der Waals surface area (Å²) in [6.07, 6.45) is 3.04. The van der Waals surface area contributed by atoms with Gasteiger partial charge in [-0.15, -0.1) is 0 Å². The molecule has 2 aromatic rings. The zero-order valence-corrected chi connectivity index (χ0v) is 14.4. The van der Waals surface area contributed by atoms with Gasteiger partial charge in [0.05, 0.1) is 11.9 Å². The Labute approximate surface area is 138 Å². The Balaban J connectivity index is 0.00000127. The third-order valence-electron chi connectivity index (χ3n) is 3.03. The van der Waals surface area contributed by atoms with E-state index in [-0.39, 0.29) is 11.7 Å². The molecule has 1 amide bonds. The Hall–Kier alpha value is -2.49. The normalized spacial score (nSPS) is 10.3. The van der Waals surface area contributed by atoms with Gasteiger partial charge in [-0.05, 0) is 6.07 Å². The quantitative estimate of drug-likeness (QED) is 0.858. The minimum Gasteiger partial charge on any atom is -0.324 e. The van der Waals surface area contributed by atoms with E-state index in [1.54, 1.807) is 24.4 Å². The molecular formula is C19H24N2O2. The molecule has 0 fully saturated rings. The summed E-state index contributed by atoms with van der Waals surface area (Å²) in [7, 11) is 0. The van der Waals surface area contributed by atoms with Crippen LogP contribution in [0, 0.1) is 5.41 Å². The highest BCUT2D eigenvalue weighted by molar-refractivity contribution is 6.13. The summed E-state index contributed by atoms with van der Waals surface area (Å²) in [5, 5.41) is 2.78. The number of nitrogens with one attached hydrogen (secondary N) is 1. The Morgan fingerprint density at radius 2 is 1.61 bits per heavy atom. The predicted molar refractivity (Wildman–Crippen MR) is 93.5 cm³/mol. The van der Waals surface area contributed by atoms with E-state index in [0.29, 0.717) is 16.8 Å². The number of aromatic nitrogens is 1. The average Bonchev–Trinajstić information content (AvgIpc) is 2.56. The third-order valence-corrected chi connectivity index (χ3v) is 3.03. The van der Waals surface area contributed by atoms with Gasteiger partial charge in [0.1, 0.15) is 0 Å². The standard InChI is InChI=1S/C17H18N2O2.C2H6/c1-17(2,3)16(21)19-14-11-18-10-9-13(14)15(20)12-7-5-4-6-8-12;1-2/h4-11H,1-3H3,(H,19,21);1-2H3. The molecule has 4 nitrogen and oxygen atoms in total. The Morgan fingerprint density at radius 3 is 2.17 bits per heavy atom. The minimum atomic E-state index is -0.539. The Bertz CT molecular complexity index is 659. The van der Waals surface area contributed by atoms with Crippen LogP contribution in [0.4, 0.5) is 5.69 Å². The van der Waals surface area contributed by atoms with Gasteiger partial charge in [0.25, 0.3) is 0 Å². The van der Waals surface area contributed by atoms with E-state index in [2.05, 4.69) is 10.3 Å². The van der Waals surface area contributed by atoms with Crippen LogP contribution in [0.25, 0.3) is 0 Å². The molecule has 0 saturated carbocycles. The summed E-state index contributed by atoms with van der Waals surface area (Å²) in [6, 6.07) is 10.6. The molecular weight excluding hydrogens is 288 g/mol. The molecule has 0 aliphatic heterocycles. The summed E-state index contributed by atoms with van der Waals surface area (Å²) in [6.45, 7) is 9.45. The first-order valence-corrected chi connectivity index (χ1v) is 7.75. The van der Waals surface area contributed by atoms with E-state index in [4.69, 9.17) is 0 Å². The molecule has 23 heavy (non-hydrogen) atoms. The van der Waals surface area contributed by atoms with Crippen LogP contribution in [0.15, 0.2) is 48.8 Å². The van der Waals surface area contributed by atoms with E-state index in [1.165, 1.54) is 6.20 Å². The van der Waals surface area contributed by atoms with Crippen LogP contribution in [0.5, 0.6) is 0 Å². The smallest absolute Gasteiger partial charge is 0.229 e. The number of benzene rings is 1. The Morgan fingerprint density at radius 1 is 1.00 bits per heavy atom. The molecule has 1 aromatic carbocycles. The molecule has 0 aliphatic rings. The van der Waals surface area contributed by atoms with Crippen LogP contribution >= 0.6 is 0 Å². The minimum absolute atomic E-state index is 0.137. The number of nitrogens with zero attached hydrogens (tertiary/aromatic N) is 1. The maximum atomic E-state index is 12.5. The van der Waals surface area contributed by atoms with Crippen molar-refractivity contribution >= 4 is 17.4 Å². The number of amides is 1. The highest BCUT2D eigenvalue weighted by Crippen LogP contribution is 2.21. The second kappa shape index (κ2) is 8.22. The number of carbonyl (C=O) groups excluding carboxylic acids is 2. The summed E-state index contributed by atoms with van der Waals surface area (Å²) in [5.41, 5.74) is 0.915. The van der Waals surface area contributed by atoms with Crippen LogP contribution in [-0.2, 0) is 4.79 Å². The van der Waals surface area contributed by atoms with Gasteiger partial charge in [0, 0.05) is 22.7 Å². The summed E-state index contributed by atoms with van der Waals surface area (Å²) in [4.78, 5) is 28.6. The first-order valence-electron chi connectivity index (χ1n) is 7.75. The van der Waals surface area contributed by atoms with Crippen molar-refractivity contribution in [1.29, 1.82) is 0 Å². The van der Waals surface area contributed by atoms with Crippen LogP contribution < -0.4 is 5.32 Å². The molecule has 4 heteroatoms. The van der Waals surface area contributed by atoms with E-state index < -0.39 is 5.41 Å². The molecule has 122 valence electrons. The van der Waals surface area contributed by atoms with Crippen molar-refractivity contribution in [2.75, 3.05) is 5.32 Å². The van der Waals surface area contributed by atoms with Gasteiger partial charge in [-0.1, -0.05) is 65.0 Å². The number of carbonyl (C=O) groups is 2. The zero-order chi connectivity index (χ0) is 17.5. The number of anilines is 1. The van der Waals surface area contributed by atoms with E-state index in [9.17, 15) is 9.59 Å². The Kier molecular flexibility index (Phi) is 6.64. The largest absolute Gasteiger partial charge is 0.324 e. The number of hydrogen-bond donors (Lipinski definition) is 1. The number of hydrogen-bond acceptors (Lipinski definition) is 3. The summed E-state index contributed by atoms with van der Waals surface area (Å²) < 4.78 is 0. The molecule has 0 atom stereocenters. The van der Waals surface area contributed by atoms with Crippen molar-refractivity contribution in [3.05, 3.63) is 59.9 Å². The van der Waals surface area contributed by atoms with Gasteiger partial charge >= 0.3 is 0 Å². The van der Waals surface area contributed by atoms with Crippen molar-refractivity contribution in [2.24, 2.45) is 5.41 Å². The molecule has 0 radical (unpaired) electrons. The van der Waals surface area contributed by atoms with Crippen LogP contribution in [0.2, 0.25) is 0 Å². The van der Waals surface area contributed by atoms with Gasteiger partial charge < -0.3 is 5.32 Å². The van der Waals surface area contributed by atoms with E-state index >= 15 is 0 Å². The SMILES string of the molecule is CC.CC(C)(C)C(=O)Nc1cnccc1C(=O)c1ccccc1. The lowest BCUT2D eigenvalue weighted by Crippen LogP contribution is -2.28. The maximum absolute atomic E-state index is 12.5. The predicted octanol–water partition coefficient (Wildman–Crippen LogP) is 4.32. The van der Waals surface area contributed by atoms with Gasteiger partial charge in [-0.3, -0.25) is 14.6 Å². The van der Waals surface area contributed by atoms with Crippen molar-refractivity contribution in [3.63, 3.8) is 0 Å². The van der Waals surface area contributed by atoms with Gasteiger partial charge in [0.2, 0.25) is 5.91 Å². The lowest BCUT2D eigenvalue weighted by molar-refractivity contribution is -0.123. The number of ketones is 1. The highest BCUT2D eigenvalue weighted by Gasteiger charge is 2.23. The van der Waals surface area contributed by atoms with Crippen LogP contribution in [0.1, 0.15) is 50.5 Å². The monoisotopic (exact) mass is 312 g/mol. The molecule has 0 spiro atoms. The van der Waals surface area contributed by atoms with Crippen molar-refractivity contribution in [1.82, 2.24) is 4.98 Å². The lowest BCUT2D eigenvalue weighted by atomic mass is 9.95. The fraction of sp³-hybridized carbons (Fsp3) is 0.316. The molecule has 0 unspecified atom stereocenters. The fourth-order valence-electron chi connectivity index (χ4n) is 1.75. The summed E-state index contributed by atoms with van der Waals surface area (Å²) >= 11 is 0. The molecule has 0 bridgehead atoms. The number of pyridine rings is 1. The fourth-order valence-corrected chi connectivity index (χ4v) is 1.75. The molecule has 2 rings (SSSR count). The molecule has 1 aromatic heterocycles. The molecule has 1 heterocycles. The molecule has 0 saturated heterocycles. The molecule has 1 N–H and O–H groups in total. The van der Waals surface area contributed by atoms with E-state index in [0.717, 1.165) is 0 Å². The van der Waals surface area contributed by atoms with Crippen molar-refractivity contribution in [3.8, 4) is 0 Å². The van der Waals surface area contributed by atoms with Crippen LogP contribution in [0.3, 0.4) is 0 Å². The number of rotatable bonds is 3. The summed E-state index contributed by atoms with van der Waals surface area (Å²) in [5.74, 6) is -0.292. The maximum Gasteiger partial charge on any atom is 0.229 e. The molecule has 0 aliphatic carbocycles. The third kappa shape index (κ3) is 5.02. The lowest BCUT2D eigenvalue weighted by Gasteiger charge is -2.18. The van der Waals surface area contributed by atoms with Gasteiger partial charge in [-0.25, -0.2) is 0 Å². The van der Waals surface area contributed by atoms with Crippen molar-refractivity contribution in [2.45, 2.75) is 34.6 Å². The zero-order valence-electron chi connectivity index (χ0n) is 14.4. The van der Waals surface area contributed by atoms with Gasteiger partial charge in [0.15, 0.2) is 5.78 Å². The topological polar surface area (TPSA) is 59.1 Å².